The summed E-state index contributed by atoms with van der Waals surface area (Å²) in [6.07, 6.45) is 0.825. The Bertz CT molecular complexity index is 893. The van der Waals surface area contributed by atoms with E-state index in [4.69, 9.17) is 9.47 Å². The first-order valence-corrected chi connectivity index (χ1v) is 10.2. The average molecular weight is 391 g/mol. The van der Waals surface area contributed by atoms with Gasteiger partial charge >= 0.3 is 5.97 Å². The molecule has 146 valence electrons. The first-order chi connectivity index (χ1) is 12.8. The molecule has 0 saturated carbocycles. The van der Waals surface area contributed by atoms with Crippen molar-refractivity contribution in [1.29, 1.82) is 0 Å². The molecule has 0 amide bonds. The van der Waals surface area contributed by atoms with Crippen molar-refractivity contribution in [1.82, 2.24) is 4.31 Å². The van der Waals surface area contributed by atoms with E-state index in [1.807, 2.05) is 6.92 Å². The summed E-state index contributed by atoms with van der Waals surface area (Å²) in [4.78, 5) is 12.6. The van der Waals surface area contributed by atoms with Gasteiger partial charge in [0.05, 0.1) is 17.1 Å². The number of sulfonamides is 1. The van der Waals surface area contributed by atoms with E-state index in [2.05, 4.69) is 0 Å². The van der Waals surface area contributed by atoms with Crippen LogP contribution in [-0.4, -0.2) is 38.4 Å². The van der Waals surface area contributed by atoms with Crippen LogP contribution in [0.5, 0.6) is 11.5 Å². The lowest BCUT2D eigenvalue weighted by atomic mass is 10.2. The third-order valence-electron chi connectivity index (χ3n) is 3.99. The van der Waals surface area contributed by atoms with Crippen LogP contribution in [0.4, 0.5) is 0 Å². The van der Waals surface area contributed by atoms with Crippen LogP contribution in [0.1, 0.15) is 37.6 Å². The van der Waals surface area contributed by atoms with Gasteiger partial charge < -0.3 is 9.47 Å². The number of carbonyl (C=O) groups excluding carboxylic acids is 1. The number of hydrogen-bond acceptors (Lipinski definition) is 5. The molecule has 0 saturated heterocycles. The van der Waals surface area contributed by atoms with Crippen molar-refractivity contribution in [2.24, 2.45) is 0 Å². The molecule has 0 heterocycles. The van der Waals surface area contributed by atoms with E-state index in [9.17, 15) is 13.2 Å². The molecule has 6 nitrogen and oxygen atoms in total. The van der Waals surface area contributed by atoms with Gasteiger partial charge in [0.1, 0.15) is 0 Å². The molecule has 27 heavy (non-hydrogen) atoms. The molecular formula is C20H25NO5S. The lowest BCUT2D eigenvalue weighted by molar-refractivity contribution is 0.0728. The predicted molar refractivity (Wildman–Crippen MR) is 104 cm³/mol. The summed E-state index contributed by atoms with van der Waals surface area (Å²) in [6, 6.07) is 12.5. The number of para-hydroxylation sites is 2. The minimum Gasteiger partial charge on any atom is -0.490 e. The van der Waals surface area contributed by atoms with E-state index in [0.717, 1.165) is 6.42 Å². The molecule has 0 radical (unpaired) electrons. The van der Waals surface area contributed by atoms with E-state index in [1.165, 1.54) is 35.6 Å². The number of hydrogen-bond donors (Lipinski definition) is 0. The van der Waals surface area contributed by atoms with E-state index in [0.29, 0.717) is 18.1 Å². The van der Waals surface area contributed by atoms with E-state index < -0.39 is 16.0 Å². The molecule has 0 unspecified atom stereocenters. The van der Waals surface area contributed by atoms with Gasteiger partial charge in [0.2, 0.25) is 10.0 Å². The van der Waals surface area contributed by atoms with Crippen molar-refractivity contribution >= 4 is 16.0 Å². The molecule has 0 aromatic heterocycles. The second kappa shape index (κ2) is 9.01. The molecule has 2 rings (SSSR count). The normalized spacial score (nSPS) is 11.6. The Morgan fingerprint density at radius 3 is 2.37 bits per heavy atom. The van der Waals surface area contributed by atoms with Gasteiger partial charge in [-0.05, 0) is 50.6 Å². The molecule has 2 aromatic carbocycles. The topological polar surface area (TPSA) is 72.9 Å². The van der Waals surface area contributed by atoms with E-state index in [-0.39, 0.29) is 16.5 Å². The van der Waals surface area contributed by atoms with Gasteiger partial charge in [-0.3, -0.25) is 0 Å². The second-order valence-electron chi connectivity index (χ2n) is 6.33. The van der Waals surface area contributed by atoms with Crippen LogP contribution >= 0.6 is 0 Å². The Morgan fingerprint density at radius 2 is 1.74 bits per heavy atom. The van der Waals surface area contributed by atoms with Crippen LogP contribution in [0, 0.1) is 0 Å². The summed E-state index contributed by atoms with van der Waals surface area (Å²) >= 11 is 0. The van der Waals surface area contributed by atoms with Gasteiger partial charge in [-0.2, -0.15) is 4.31 Å². The highest BCUT2D eigenvalue weighted by Crippen LogP contribution is 2.28. The zero-order chi connectivity index (χ0) is 20.0. The molecule has 0 atom stereocenters. The number of carbonyl (C=O) groups is 1. The first-order valence-electron chi connectivity index (χ1n) is 8.79. The van der Waals surface area contributed by atoms with Crippen molar-refractivity contribution < 1.29 is 22.7 Å². The summed E-state index contributed by atoms with van der Waals surface area (Å²) in [5, 5.41) is 0. The molecule has 0 bridgehead atoms. The highest BCUT2D eigenvalue weighted by Gasteiger charge is 2.24. The average Bonchev–Trinajstić information content (AvgIpc) is 2.66. The summed E-state index contributed by atoms with van der Waals surface area (Å²) in [6.45, 7) is 6.05. The van der Waals surface area contributed by atoms with Crippen LogP contribution in [0.2, 0.25) is 0 Å². The summed E-state index contributed by atoms with van der Waals surface area (Å²) in [5.41, 5.74) is 0.151. The standard InChI is InChI=1S/C20H25NO5S/c1-5-13-25-18-11-6-7-12-19(18)26-20(22)16-9-8-10-17(14-16)27(23,24)21(4)15(2)3/h6-12,14-15H,5,13H2,1-4H3. The van der Waals surface area contributed by atoms with Crippen molar-refractivity contribution in [3.05, 3.63) is 54.1 Å². The molecule has 0 spiro atoms. The summed E-state index contributed by atoms with van der Waals surface area (Å²) in [7, 11) is -2.18. The van der Waals surface area contributed by atoms with Gasteiger partial charge in [0, 0.05) is 13.1 Å². The highest BCUT2D eigenvalue weighted by molar-refractivity contribution is 7.89. The molecular weight excluding hydrogens is 366 g/mol. The zero-order valence-electron chi connectivity index (χ0n) is 16.0. The summed E-state index contributed by atoms with van der Waals surface area (Å²) in [5.74, 6) is 0.117. The van der Waals surface area contributed by atoms with Crippen molar-refractivity contribution in [2.75, 3.05) is 13.7 Å². The fourth-order valence-electron chi connectivity index (χ4n) is 2.25. The Balaban J connectivity index is 2.27. The monoisotopic (exact) mass is 391 g/mol. The largest absolute Gasteiger partial charge is 0.490 e. The van der Waals surface area contributed by atoms with Gasteiger partial charge in [0.25, 0.3) is 0 Å². The SMILES string of the molecule is CCCOc1ccccc1OC(=O)c1cccc(S(=O)(=O)N(C)C(C)C)c1. The van der Waals surface area contributed by atoms with Crippen molar-refractivity contribution in [2.45, 2.75) is 38.1 Å². The smallest absolute Gasteiger partial charge is 0.343 e. The zero-order valence-corrected chi connectivity index (χ0v) is 16.8. The molecule has 0 N–H and O–H groups in total. The molecule has 2 aromatic rings. The van der Waals surface area contributed by atoms with Gasteiger partial charge in [0.15, 0.2) is 11.5 Å². The number of rotatable bonds is 8. The fourth-order valence-corrected chi connectivity index (χ4v) is 3.67. The lowest BCUT2D eigenvalue weighted by Crippen LogP contribution is -2.33. The predicted octanol–water partition coefficient (Wildman–Crippen LogP) is 3.72. The maximum atomic E-state index is 12.6. The van der Waals surface area contributed by atoms with E-state index in [1.54, 1.807) is 38.1 Å². The molecule has 0 aliphatic carbocycles. The Kier molecular flexibility index (Phi) is 6.98. The Labute approximate surface area is 160 Å². The third kappa shape index (κ3) is 5.08. The molecule has 0 fully saturated rings. The number of benzene rings is 2. The Hall–Kier alpha value is -2.38. The number of nitrogens with zero attached hydrogens (tertiary/aromatic N) is 1. The molecule has 7 heteroatoms. The third-order valence-corrected chi connectivity index (χ3v) is 6.02. The maximum absolute atomic E-state index is 12.6. The number of ether oxygens (including phenoxy) is 2. The van der Waals surface area contributed by atoms with Crippen LogP contribution in [-0.2, 0) is 10.0 Å². The summed E-state index contributed by atoms with van der Waals surface area (Å²) < 4.78 is 37.5. The van der Waals surface area contributed by atoms with Gasteiger partial charge in [-0.15, -0.1) is 0 Å². The molecule has 0 aliphatic rings. The van der Waals surface area contributed by atoms with Gasteiger partial charge in [-0.1, -0.05) is 25.1 Å². The maximum Gasteiger partial charge on any atom is 0.343 e. The van der Waals surface area contributed by atoms with Crippen LogP contribution in [0.25, 0.3) is 0 Å². The minimum absolute atomic E-state index is 0.0451. The van der Waals surface area contributed by atoms with E-state index >= 15 is 0 Å². The quantitative estimate of drug-likeness (QED) is 0.506. The fraction of sp³-hybridized carbons (Fsp3) is 0.350. The van der Waals surface area contributed by atoms with Crippen molar-refractivity contribution in [3.8, 4) is 11.5 Å². The van der Waals surface area contributed by atoms with Crippen molar-refractivity contribution in [3.63, 3.8) is 0 Å². The van der Waals surface area contributed by atoms with Crippen LogP contribution in [0.15, 0.2) is 53.4 Å². The molecule has 0 aliphatic heterocycles. The highest BCUT2D eigenvalue weighted by atomic mass is 32.2. The van der Waals surface area contributed by atoms with Gasteiger partial charge in [-0.25, -0.2) is 13.2 Å². The second-order valence-corrected chi connectivity index (χ2v) is 8.33. The van der Waals surface area contributed by atoms with Crippen LogP contribution < -0.4 is 9.47 Å². The Morgan fingerprint density at radius 1 is 1.07 bits per heavy atom. The number of esters is 1. The first kappa shape index (κ1) is 20.9. The minimum atomic E-state index is -3.69. The lowest BCUT2D eigenvalue weighted by Gasteiger charge is -2.21. The van der Waals surface area contributed by atoms with Crippen LogP contribution in [0.3, 0.4) is 0 Å².